The predicted octanol–water partition coefficient (Wildman–Crippen LogP) is 3.60. The van der Waals surface area contributed by atoms with Crippen LogP contribution in [0.5, 0.6) is 0 Å². The highest BCUT2D eigenvalue weighted by atomic mass is 16.5. The van der Waals surface area contributed by atoms with Gasteiger partial charge in [0, 0.05) is 12.0 Å². The topological polar surface area (TPSA) is 52.3 Å². The van der Waals surface area contributed by atoms with Crippen LogP contribution >= 0.6 is 0 Å². The molecule has 3 rings (SSSR count). The SMILES string of the molecule is COC(=O)CCc1nc(-c2ccc3ccccc3c2)co1. The highest BCUT2D eigenvalue weighted by Gasteiger charge is 2.09. The number of benzene rings is 2. The predicted molar refractivity (Wildman–Crippen MR) is 79.8 cm³/mol. The molecule has 0 bridgehead atoms. The van der Waals surface area contributed by atoms with Crippen molar-refractivity contribution in [2.45, 2.75) is 12.8 Å². The zero-order valence-electron chi connectivity index (χ0n) is 11.7. The van der Waals surface area contributed by atoms with Crippen molar-refractivity contribution in [2.24, 2.45) is 0 Å². The Morgan fingerprint density at radius 2 is 2.00 bits per heavy atom. The van der Waals surface area contributed by atoms with E-state index in [0.717, 1.165) is 16.6 Å². The molecular weight excluding hydrogens is 266 g/mol. The number of carbonyl (C=O) groups excluding carboxylic acids is 1. The third-order valence-electron chi connectivity index (χ3n) is 3.37. The van der Waals surface area contributed by atoms with Crippen LogP contribution in [0.4, 0.5) is 0 Å². The van der Waals surface area contributed by atoms with E-state index in [-0.39, 0.29) is 12.4 Å². The van der Waals surface area contributed by atoms with Crippen LogP contribution in [0.1, 0.15) is 12.3 Å². The molecule has 3 aromatic rings. The van der Waals surface area contributed by atoms with Crippen LogP contribution < -0.4 is 0 Å². The van der Waals surface area contributed by atoms with Gasteiger partial charge in [0.15, 0.2) is 5.89 Å². The molecule has 0 amide bonds. The molecule has 1 heterocycles. The lowest BCUT2D eigenvalue weighted by Gasteiger charge is -2.00. The quantitative estimate of drug-likeness (QED) is 0.686. The van der Waals surface area contributed by atoms with E-state index in [9.17, 15) is 4.79 Å². The largest absolute Gasteiger partial charge is 0.469 e. The average Bonchev–Trinajstić information content (AvgIpc) is 3.01. The molecule has 1 aromatic heterocycles. The molecule has 4 nitrogen and oxygen atoms in total. The maximum Gasteiger partial charge on any atom is 0.306 e. The van der Waals surface area contributed by atoms with E-state index in [1.54, 1.807) is 6.26 Å². The number of hydrogen-bond acceptors (Lipinski definition) is 4. The molecule has 0 aliphatic rings. The van der Waals surface area contributed by atoms with Gasteiger partial charge in [0.2, 0.25) is 0 Å². The molecule has 0 saturated heterocycles. The molecule has 0 fully saturated rings. The van der Waals surface area contributed by atoms with E-state index < -0.39 is 0 Å². The number of methoxy groups -OCH3 is 1. The van der Waals surface area contributed by atoms with Crippen molar-refractivity contribution in [3.05, 3.63) is 54.6 Å². The molecule has 0 aliphatic carbocycles. The van der Waals surface area contributed by atoms with Crippen LogP contribution in [0.3, 0.4) is 0 Å². The smallest absolute Gasteiger partial charge is 0.306 e. The standard InChI is InChI=1S/C17H15NO3/c1-20-17(19)9-8-16-18-15(11-21-16)14-7-6-12-4-2-3-5-13(12)10-14/h2-7,10-11H,8-9H2,1H3. The minimum absolute atomic E-state index is 0.263. The van der Waals surface area contributed by atoms with Gasteiger partial charge in [-0.05, 0) is 16.8 Å². The number of oxazole rings is 1. The molecular formula is C17H15NO3. The maximum absolute atomic E-state index is 11.1. The minimum atomic E-state index is -0.263. The molecule has 0 aliphatic heterocycles. The molecule has 0 spiro atoms. The number of aryl methyl sites for hydroxylation is 1. The molecule has 21 heavy (non-hydrogen) atoms. The first kappa shape index (κ1) is 13.4. The highest BCUT2D eigenvalue weighted by molar-refractivity contribution is 5.86. The van der Waals surface area contributed by atoms with Crippen LogP contribution in [0.15, 0.2) is 53.1 Å². The monoisotopic (exact) mass is 281 g/mol. The number of hydrogen-bond donors (Lipinski definition) is 0. The first-order valence-corrected chi connectivity index (χ1v) is 6.76. The number of carbonyl (C=O) groups is 1. The Balaban J connectivity index is 1.82. The van der Waals surface area contributed by atoms with E-state index in [0.29, 0.717) is 12.3 Å². The van der Waals surface area contributed by atoms with Crippen LogP contribution in [-0.4, -0.2) is 18.1 Å². The van der Waals surface area contributed by atoms with Crippen molar-refractivity contribution >= 4 is 16.7 Å². The second kappa shape index (κ2) is 5.79. The number of ether oxygens (including phenoxy) is 1. The van der Waals surface area contributed by atoms with Gasteiger partial charge in [-0.1, -0.05) is 36.4 Å². The Hall–Kier alpha value is -2.62. The summed E-state index contributed by atoms with van der Waals surface area (Å²) in [5.74, 6) is 0.281. The van der Waals surface area contributed by atoms with Gasteiger partial charge in [0.25, 0.3) is 0 Å². The van der Waals surface area contributed by atoms with Crippen molar-refractivity contribution in [1.29, 1.82) is 0 Å². The summed E-state index contributed by atoms with van der Waals surface area (Å²) in [5, 5.41) is 2.35. The van der Waals surface area contributed by atoms with Crippen LogP contribution in [-0.2, 0) is 16.0 Å². The number of rotatable bonds is 4. The van der Waals surface area contributed by atoms with E-state index in [4.69, 9.17) is 4.42 Å². The summed E-state index contributed by atoms with van der Waals surface area (Å²) in [6, 6.07) is 14.3. The van der Waals surface area contributed by atoms with E-state index in [2.05, 4.69) is 34.0 Å². The normalized spacial score (nSPS) is 10.7. The zero-order valence-corrected chi connectivity index (χ0v) is 11.7. The van der Waals surface area contributed by atoms with Crippen LogP contribution in [0.25, 0.3) is 22.0 Å². The summed E-state index contributed by atoms with van der Waals surface area (Å²) in [4.78, 5) is 15.5. The van der Waals surface area contributed by atoms with Gasteiger partial charge >= 0.3 is 5.97 Å². The zero-order chi connectivity index (χ0) is 14.7. The molecule has 0 radical (unpaired) electrons. The minimum Gasteiger partial charge on any atom is -0.469 e. The molecule has 0 saturated carbocycles. The Bertz CT molecular complexity index is 776. The summed E-state index contributed by atoms with van der Waals surface area (Å²) in [5.41, 5.74) is 1.78. The fourth-order valence-electron chi connectivity index (χ4n) is 2.22. The third kappa shape index (κ3) is 2.94. The van der Waals surface area contributed by atoms with Crippen LogP contribution in [0, 0.1) is 0 Å². The van der Waals surface area contributed by atoms with Crippen LogP contribution in [0.2, 0.25) is 0 Å². The summed E-state index contributed by atoms with van der Waals surface area (Å²) < 4.78 is 10.0. The lowest BCUT2D eigenvalue weighted by molar-refractivity contribution is -0.140. The third-order valence-corrected chi connectivity index (χ3v) is 3.37. The van der Waals surface area contributed by atoms with Gasteiger partial charge in [-0.3, -0.25) is 4.79 Å². The Morgan fingerprint density at radius 3 is 2.81 bits per heavy atom. The molecule has 106 valence electrons. The van der Waals surface area contributed by atoms with Gasteiger partial charge in [-0.2, -0.15) is 0 Å². The molecule has 2 aromatic carbocycles. The maximum atomic E-state index is 11.1. The fourth-order valence-corrected chi connectivity index (χ4v) is 2.22. The number of fused-ring (bicyclic) bond motifs is 1. The van der Waals surface area contributed by atoms with E-state index in [1.165, 1.54) is 12.5 Å². The van der Waals surface area contributed by atoms with Gasteiger partial charge in [0.1, 0.15) is 12.0 Å². The molecule has 0 atom stereocenters. The Morgan fingerprint density at radius 1 is 1.19 bits per heavy atom. The summed E-state index contributed by atoms with van der Waals surface area (Å²) in [6.45, 7) is 0. The number of esters is 1. The van der Waals surface area contributed by atoms with Gasteiger partial charge < -0.3 is 9.15 Å². The summed E-state index contributed by atoms with van der Waals surface area (Å²) in [6.07, 6.45) is 2.34. The van der Waals surface area contributed by atoms with Crippen molar-refractivity contribution in [3.63, 3.8) is 0 Å². The molecule has 0 unspecified atom stereocenters. The first-order chi connectivity index (χ1) is 10.3. The van der Waals surface area contributed by atoms with Gasteiger partial charge in [-0.25, -0.2) is 4.98 Å². The number of nitrogens with zero attached hydrogens (tertiary/aromatic N) is 1. The average molecular weight is 281 g/mol. The first-order valence-electron chi connectivity index (χ1n) is 6.76. The Kier molecular flexibility index (Phi) is 3.69. The molecule has 0 N–H and O–H groups in total. The lowest BCUT2D eigenvalue weighted by atomic mass is 10.1. The lowest BCUT2D eigenvalue weighted by Crippen LogP contribution is -2.01. The second-order valence-corrected chi connectivity index (χ2v) is 4.76. The van der Waals surface area contributed by atoms with Crippen molar-refractivity contribution in [3.8, 4) is 11.3 Å². The van der Waals surface area contributed by atoms with E-state index >= 15 is 0 Å². The molecule has 4 heteroatoms. The van der Waals surface area contributed by atoms with E-state index in [1.807, 2.05) is 18.2 Å². The summed E-state index contributed by atoms with van der Waals surface area (Å²) in [7, 11) is 1.37. The summed E-state index contributed by atoms with van der Waals surface area (Å²) >= 11 is 0. The Labute approximate surface area is 122 Å². The number of aromatic nitrogens is 1. The highest BCUT2D eigenvalue weighted by Crippen LogP contribution is 2.24. The van der Waals surface area contributed by atoms with Crippen molar-refractivity contribution in [2.75, 3.05) is 7.11 Å². The van der Waals surface area contributed by atoms with Gasteiger partial charge in [0.05, 0.1) is 13.5 Å². The fraction of sp³-hybridized carbons (Fsp3) is 0.176. The van der Waals surface area contributed by atoms with Crippen molar-refractivity contribution < 1.29 is 13.9 Å². The van der Waals surface area contributed by atoms with Crippen molar-refractivity contribution in [1.82, 2.24) is 4.98 Å². The van der Waals surface area contributed by atoms with Gasteiger partial charge in [-0.15, -0.1) is 0 Å². The second-order valence-electron chi connectivity index (χ2n) is 4.76.